The second kappa shape index (κ2) is 8.61. The van der Waals surface area contributed by atoms with Gasteiger partial charge in [0.1, 0.15) is 0 Å². The molecule has 0 atom stereocenters. The lowest BCUT2D eigenvalue weighted by Crippen LogP contribution is -2.29. The van der Waals surface area contributed by atoms with Gasteiger partial charge < -0.3 is 20.0 Å². The number of benzene rings is 2. The van der Waals surface area contributed by atoms with Crippen molar-refractivity contribution in [2.75, 3.05) is 23.3 Å². The fraction of sp³-hybridized carbons (Fsp3) is 0.273. The molecule has 2 heterocycles. The van der Waals surface area contributed by atoms with Crippen LogP contribution < -0.4 is 15.5 Å². The Morgan fingerprint density at radius 1 is 1.00 bits per heavy atom. The highest BCUT2D eigenvalue weighted by Crippen LogP contribution is 2.22. The number of hydrogen-bond donors (Lipinski definition) is 2. The van der Waals surface area contributed by atoms with Crippen LogP contribution in [0.2, 0.25) is 0 Å². The third-order valence-corrected chi connectivity index (χ3v) is 4.86. The number of oxazole rings is 1. The maximum Gasteiger partial charge on any atom is 0.319 e. The van der Waals surface area contributed by atoms with Gasteiger partial charge >= 0.3 is 6.03 Å². The monoisotopic (exact) mass is 376 g/mol. The molecule has 6 nitrogen and oxygen atoms in total. The SMILES string of the molecule is O=C(NCc1ncc(-c2ccccc2)o1)Nc1ccc(N2CCCCC2)cc1. The fourth-order valence-electron chi connectivity index (χ4n) is 3.37. The van der Waals surface area contributed by atoms with Gasteiger partial charge in [-0.2, -0.15) is 0 Å². The summed E-state index contributed by atoms with van der Waals surface area (Å²) in [6, 6.07) is 17.4. The Morgan fingerprint density at radius 3 is 2.50 bits per heavy atom. The van der Waals surface area contributed by atoms with Gasteiger partial charge in [0, 0.05) is 30.0 Å². The van der Waals surface area contributed by atoms with Gasteiger partial charge in [0.25, 0.3) is 0 Å². The standard InChI is InChI=1S/C22H24N4O2/c27-22(24-16-21-23-15-20(28-21)17-7-3-1-4-8-17)25-18-9-11-19(12-10-18)26-13-5-2-6-14-26/h1,3-4,7-12,15H,2,5-6,13-14,16H2,(H2,24,25,27). The molecule has 1 aliphatic heterocycles. The van der Waals surface area contributed by atoms with Crippen LogP contribution in [0.4, 0.5) is 16.2 Å². The molecule has 0 bridgehead atoms. The van der Waals surface area contributed by atoms with Crippen LogP contribution in [0, 0.1) is 0 Å². The zero-order chi connectivity index (χ0) is 19.2. The maximum absolute atomic E-state index is 12.1. The first kappa shape index (κ1) is 18.1. The second-order valence-corrected chi connectivity index (χ2v) is 6.89. The van der Waals surface area contributed by atoms with E-state index < -0.39 is 0 Å². The van der Waals surface area contributed by atoms with Crippen LogP contribution >= 0.6 is 0 Å². The van der Waals surface area contributed by atoms with Crippen molar-refractivity contribution in [3.63, 3.8) is 0 Å². The van der Waals surface area contributed by atoms with Gasteiger partial charge in [-0.15, -0.1) is 0 Å². The summed E-state index contributed by atoms with van der Waals surface area (Å²) in [5.41, 5.74) is 2.93. The van der Waals surface area contributed by atoms with Crippen LogP contribution in [-0.2, 0) is 6.54 Å². The predicted molar refractivity (Wildman–Crippen MR) is 110 cm³/mol. The first-order valence-electron chi connectivity index (χ1n) is 9.68. The molecule has 1 saturated heterocycles. The van der Waals surface area contributed by atoms with Crippen LogP contribution in [0.5, 0.6) is 0 Å². The van der Waals surface area contributed by atoms with E-state index in [-0.39, 0.29) is 12.6 Å². The number of aromatic nitrogens is 1. The Morgan fingerprint density at radius 2 is 1.75 bits per heavy atom. The van der Waals surface area contributed by atoms with E-state index in [1.54, 1.807) is 6.20 Å². The van der Waals surface area contributed by atoms with E-state index in [1.807, 2.05) is 42.5 Å². The summed E-state index contributed by atoms with van der Waals surface area (Å²) >= 11 is 0. The molecule has 1 aromatic heterocycles. The molecule has 1 fully saturated rings. The molecule has 0 spiro atoms. The minimum absolute atomic E-state index is 0.227. The van der Waals surface area contributed by atoms with E-state index in [0.717, 1.165) is 24.3 Å². The van der Waals surface area contributed by atoms with Gasteiger partial charge in [0.2, 0.25) is 5.89 Å². The number of rotatable bonds is 5. The number of hydrogen-bond acceptors (Lipinski definition) is 4. The number of nitrogens with zero attached hydrogens (tertiary/aromatic N) is 2. The van der Waals surface area contributed by atoms with Crippen molar-refractivity contribution in [3.05, 3.63) is 66.7 Å². The van der Waals surface area contributed by atoms with E-state index in [9.17, 15) is 4.79 Å². The topological polar surface area (TPSA) is 70.4 Å². The van der Waals surface area contributed by atoms with Crippen molar-refractivity contribution in [2.45, 2.75) is 25.8 Å². The first-order valence-corrected chi connectivity index (χ1v) is 9.68. The molecule has 6 heteroatoms. The highest BCUT2D eigenvalue weighted by Gasteiger charge is 2.11. The minimum Gasteiger partial charge on any atom is -0.439 e. The van der Waals surface area contributed by atoms with Crippen molar-refractivity contribution >= 4 is 17.4 Å². The number of anilines is 2. The Labute approximate surface area is 164 Å². The summed E-state index contributed by atoms with van der Waals surface area (Å²) in [5, 5.41) is 5.62. The summed E-state index contributed by atoms with van der Waals surface area (Å²) in [6.45, 7) is 2.44. The van der Waals surface area contributed by atoms with Crippen LogP contribution in [0.15, 0.2) is 65.2 Å². The molecule has 2 N–H and O–H groups in total. The van der Waals surface area contributed by atoms with Crippen molar-refractivity contribution < 1.29 is 9.21 Å². The number of piperidine rings is 1. The summed E-state index contributed by atoms with van der Waals surface area (Å²) in [6.07, 6.45) is 5.47. The van der Waals surface area contributed by atoms with Gasteiger partial charge in [-0.25, -0.2) is 9.78 Å². The maximum atomic E-state index is 12.1. The molecular formula is C22H24N4O2. The lowest BCUT2D eigenvalue weighted by molar-refractivity contribution is 0.250. The number of urea groups is 1. The Kier molecular flexibility index (Phi) is 5.56. The third-order valence-electron chi connectivity index (χ3n) is 4.86. The molecule has 144 valence electrons. The molecule has 0 radical (unpaired) electrons. The largest absolute Gasteiger partial charge is 0.439 e. The highest BCUT2D eigenvalue weighted by molar-refractivity contribution is 5.89. The summed E-state index contributed by atoms with van der Waals surface area (Å²) < 4.78 is 5.69. The lowest BCUT2D eigenvalue weighted by Gasteiger charge is -2.28. The third kappa shape index (κ3) is 4.52. The number of nitrogens with one attached hydrogen (secondary N) is 2. The molecule has 0 saturated carbocycles. The molecule has 28 heavy (non-hydrogen) atoms. The van der Waals surface area contributed by atoms with Gasteiger partial charge in [0.15, 0.2) is 5.76 Å². The number of amides is 2. The van der Waals surface area contributed by atoms with Crippen LogP contribution in [0.3, 0.4) is 0 Å². The van der Waals surface area contributed by atoms with Gasteiger partial charge in [-0.05, 0) is 43.5 Å². The van der Waals surface area contributed by atoms with E-state index in [0.29, 0.717) is 11.7 Å². The molecule has 2 aromatic carbocycles. The van der Waals surface area contributed by atoms with Crippen LogP contribution in [-0.4, -0.2) is 24.1 Å². The zero-order valence-corrected chi connectivity index (χ0v) is 15.7. The van der Waals surface area contributed by atoms with Gasteiger partial charge in [0.05, 0.1) is 12.7 Å². The Bertz CT molecular complexity index is 900. The second-order valence-electron chi connectivity index (χ2n) is 6.89. The van der Waals surface area contributed by atoms with Gasteiger partial charge in [-0.3, -0.25) is 0 Å². The molecular weight excluding hydrogens is 352 g/mol. The normalized spacial score (nSPS) is 13.9. The summed E-state index contributed by atoms with van der Waals surface area (Å²) in [7, 11) is 0. The zero-order valence-electron chi connectivity index (χ0n) is 15.7. The molecule has 4 rings (SSSR count). The van der Waals surface area contributed by atoms with Crippen LogP contribution in [0.25, 0.3) is 11.3 Å². The van der Waals surface area contributed by atoms with E-state index in [4.69, 9.17) is 4.42 Å². The molecule has 0 unspecified atom stereocenters. The minimum atomic E-state index is -0.287. The quantitative estimate of drug-likeness (QED) is 0.680. The first-order chi connectivity index (χ1) is 13.8. The Balaban J connectivity index is 1.28. The molecule has 1 aliphatic rings. The summed E-state index contributed by atoms with van der Waals surface area (Å²) in [4.78, 5) is 18.8. The van der Waals surface area contributed by atoms with Crippen molar-refractivity contribution in [1.82, 2.24) is 10.3 Å². The smallest absolute Gasteiger partial charge is 0.319 e. The molecule has 0 aliphatic carbocycles. The lowest BCUT2D eigenvalue weighted by atomic mass is 10.1. The Hall–Kier alpha value is -3.28. The van der Waals surface area contributed by atoms with Crippen molar-refractivity contribution in [3.8, 4) is 11.3 Å². The number of carbonyl (C=O) groups is 1. The average molecular weight is 376 g/mol. The number of carbonyl (C=O) groups excluding carboxylic acids is 1. The van der Waals surface area contributed by atoms with E-state index in [1.165, 1.54) is 24.9 Å². The predicted octanol–water partition coefficient (Wildman–Crippen LogP) is 4.65. The highest BCUT2D eigenvalue weighted by atomic mass is 16.4. The molecule has 2 amide bonds. The van der Waals surface area contributed by atoms with Crippen LogP contribution in [0.1, 0.15) is 25.2 Å². The van der Waals surface area contributed by atoms with Crippen molar-refractivity contribution in [2.24, 2.45) is 0 Å². The summed E-state index contributed by atoms with van der Waals surface area (Å²) in [5.74, 6) is 1.15. The van der Waals surface area contributed by atoms with E-state index in [2.05, 4.69) is 32.7 Å². The average Bonchev–Trinajstić information content (AvgIpc) is 3.23. The van der Waals surface area contributed by atoms with Gasteiger partial charge in [-0.1, -0.05) is 30.3 Å². The van der Waals surface area contributed by atoms with Crippen molar-refractivity contribution in [1.29, 1.82) is 0 Å². The van der Waals surface area contributed by atoms with E-state index >= 15 is 0 Å². The fourth-order valence-corrected chi connectivity index (χ4v) is 3.37. The molecule has 3 aromatic rings.